The normalized spacial score (nSPS) is 11.2. The van der Waals surface area contributed by atoms with Crippen LogP contribution in [0.2, 0.25) is 0 Å². The van der Waals surface area contributed by atoms with Crippen molar-refractivity contribution in [2.24, 2.45) is 0 Å². The highest BCUT2D eigenvalue weighted by Gasteiger charge is 2.22. The van der Waals surface area contributed by atoms with Crippen LogP contribution in [0.4, 0.5) is 17.1 Å². The van der Waals surface area contributed by atoms with Crippen LogP contribution in [0.15, 0.2) is 255 Å². The second kappa shape index (κ2) is 18.1. The molecule has 0 N–H and O–H groups in total. The number of nitrogens with zero attached hydrogens (tertiary/aromatic N) is 1. The molecule has 0 saturated carbocycles. The number of fused-ring (bicyclic) bond motifs is 2. The molecule has 0 fully saturated rings. The zero-order valence-corrected chi connectivity index (χ0v) is 37.1. The molecule has 0 spiro atoms. The van der Waals surface area contributed by atoms with Gasteiger partial charge in [0.15, 0.2) is 0 Å². The Hall–Kier alpha value is -8.26. The summed E-state index contributed by atoms with van der Waals surface area (Å²) >= 11 is 0. The molecular weight excluding hydrogens is 795 g/mol. The Bertz CT molecular complexity index is 3450. The van der Waals surface area contributed by atoms with Crippen LogP contribution in [0.1, 0.15) is 23.6 Å². The van der Waals surface area contributed by atoms with Gasteiger partial charge in [0, 0.05) is 16.9 Å². The Morgan fingerprint density at radius 1 is 0.318 bits per heavy atom. The summed E-state index contributed by atoms with van der Waals surface area (Å²) in [5, 5.41) is 5.01. The molecule has 1 nitrogen and oxygen atoms in total. The highest BCUT2D eigenvalue weighted by Crippen LogP contribution is 2.46. The Balaban J connectivity index is 1.02. The van der Waals surface area contributed by atoms with Crippen LogP contribution in [0, 0.1) is 0 Å². The molecular formula is C65H49N. The topological polar surface area (TPSA) is 3.24 Å². The molecule has 0 atom stereocenters. The van der Waals surface area contributed by atoms with Gasteiger partial charge in [-0.15, -0.1) is 0 Å². The Labute approximate surface area is 388 Å². The van der Waals surface area contributed by atoms with Crippen LogP contribution in [-0.2, 0) is 12.8 Å². The fraction of sp³-hybridized carbons (Fsp3) is 0.0462. The van der Waals surface area contributed by atoms with E-state index in [1.54, 1.807) is 0 Å². The zero-order chi connectivity index (χ0) is 44.2. The van der Waals surface area contributed by atoms with E-state index in [0.717, 1.165) is 29.9 Å². The lowest BCUT2D eigenvalue weighted by Gasteiger charge is -2.29. The van der Waals surface area contributed by atoms with Gasteiger partial charge in [0.2, 0.25) is 0 Å². The van der Waals surface area contributed by atoms with E-state index in [1.807, 2.05) is 0 Å². The second-order valence-corrected chi connectivity index (χ2v) is 17.1. The van der Waals surface area contributed by atoms with E-state index in [0.29, 0.717) is 0 Å². The van der Waals surface area contributed by atoms with Crippen molar-refractivity contribution in [1.82, 2.24) is 0 Å². The minimum atomic E-state index is 0.865. The number of hydrogen-bond donors (Lipinski definition) is 0. The van der Waals surface area contributed by atoms with Gasteiger partial charge in [-0.25, -0.2) is 0 Å². The van der Waals surface area contributed by atoms with Gasteiger partial charge in [-0.05, 0) is 138 Å². The lowest BCUT2D eigenvalue weighted by atomic mass is 9.85. The van der Waals surface area contributed by atoms with Crippen molar-refractivity contribution < 1.29 is 0 Å². The average molecular weight is 844 g/mol. The Morgan fingerprint density at radius 3 is 1.56 bits per heavy atom. The third-order valence-corrected chi connectivity index (χ3v) is 13.1. The molecule has 0 amide bonds. The molecule has 11 rings (SSSR count). The SMILES string of the molecule is CCc1cccc(-c2ccccc2N(c2ccc(-c3ccc(-c4ccc5ccccc5c4)cc3)cc2)c2ccc(-c3cccc4ccccc34)cc2)c1-c1ccccc1Cc1ccccc1. The van der Waals surface area contributed by atoms with Gasteiger partial charge in [0.1, 0.15) is 0 Å². The van der Waals surface area contributed by atoms with E-state index in [2.05, 4.69) is 267 Å². The van der Waals surface area contributed by atoms with Crippen LogP contribution < -0.4 is 4.90 Å². The lowest BCUT2D eigenvalue weighted by molar-refractivity contribution is 1.13. The van der Waals surface area contributed by atoms with Gasteiger partial charge in [-0.2, -0.15) is 0 Å². The molecule has 314 valence electrons. The summed E-state index contributed by atoms with van der Waals surface area (Å²) in [5.41, 5.74) is 19.5. The van der Waals surface area contributed by atoms with Crippen molar-refractivity contribution in [3.63, 3.8) is 0 Å². The monoisotopic (exact) mass is 843 g/mol. The summed E-state index contributed by atoms with van der Waals surface area (Å²) in [6.07, 6.45) is 1.79. The van der Waals surface area contributed by atoms with Crippen LogP contribution in [0.3, 0.4) is 0 Å². The number of hydrogen-bond acceptors (Lipinski definition) is 1. The number of aryl methyl sites for hydroxylation is 1. The summed E-state index contributed by atoms with van der Waals surface area (Å²) < 4.78 is 0. The van der Waals surface area contributed by atoms with Gasteiger partial charge >= 0.3 is 0 Å². The maximum Gasteiger partial charge on any atom is 0.0540 e. The zero-order valence-electron chi connectivity index (χ0n) is 37.1. The third-order valence-electron chi connectivity index (χ3n) is 13.1. The largest absolute Gasteiger partial charge is 0.310 e. The van der Waals surface area contributed by atoms with Crippen LogP contribution in [-0.4, -0.2) is 0 Å². The average Bonchev–Trinajstić information content (AvgIpc) is 3.39. The standard InChI is InChI=1S/C65H49N/c1-2-47-22-14-28-63(65(47)61-25-11-9-21-56(61)44-46-16-4-3-5-17-46)62-26-12-13-29-64(62)66(58-42-38-53(39-43-58)60-27-15-23-52-19-8-10-24-59(52)60)57-40-36-50(37-41-57)49-30-32-51(33-31-49)55-35-34-48-18-6-7-20-54(48)45-55/h3-43,45H,2,44H2,1H3. The van der Waals surface area contributed by atoms with Crippen LogP contribution in [0.25, 0.3) is 77.2 Å². The highest BCUT2D eigenvalue weighted by atomic mass is 15.1. The van der Waals surface area contributed by atoms with Gasteiger partial charge < -0.3 is 4.90 Å². The predicted molar refractivity (Wildman–Crippen MR) is 282 cm³/mol. The summed E-state index contributed by atoms with van der Waals surface area (Å²) in [7, 11) is 0. The molecule has 1 heteroatoms. The molecule has 0 aliphatic rings. The summed E-state index contributed by atoms with van der Waals surface area (Å²) in [6, 6.07) is 93.3. The summed E-state index contributed by atoms with van der Waals surface area (Å²) in [4.78, 5) is 2.44. The van der Waals surface area contributed by atoms with E-state index in [9.17, 15) is 0 Å². The van der Waals surface area contributed by atoms with Crippen molar-refractivity contribution in [3.8, 4) is 55.6 Å². The lowest BCUT2D eigenvalue weighted by Crippen LogP contribution is -2.11. The highest BCUT2D eigenvalue weighted by molar-refractivity contribution is 5.98. The number of para-hydroxylation sites is 1. The van der Waals surface area contributed by atoms with Crippen molar-refractivity contribution >= 4 is 38.6 Å². The first-order valence-electron chi connectivity index (χ1n) is 23.1. The third kappa shape index (κ3) is 7.97. The van der Waals surface area contributed by atoms with E-state index in [4.69, 9.17) is 0 Å². The van der Waals surface area contributed by atoms with Crippen molar-refractivity contribution in [3.05, 3.63) is 271 Å². The van der Waals surface area contributed by atoms with Gasteiger partial charge in [-0.3, -0.25) is 0 Å². The summed E-state index contributed by atoms with van der Waals surface area (Å²) in [5.74, 6) is 0. The Morgan fingerprint density at radius 2 is 0.818 bits per heavy atom. The fourth-order valence-electron chi connectivity index (χ4n) is 9.79. The van der Waals surface area contributed by atoms with E-state index < -0.39 is 0 Å². The first kappa shape index (κ1) is 40.5. The molecule has 0 unspecified atom stereocenters. The maximum absolute atomic E-state index is 2.44. The molecule has 11 aromatic rings. The van der Waals surface area contributed by atoms with Gasteiger partial charge in [0.05, 0.1) is 5.69 Å². The molecule has 0 saturated heterocycles. The van der Waals surface area contributed by atoms with Crippen LogP contribution in [0.5, 0.6) is 0 Å². The van der Waals surface area contributed by atoms with Crippen LogP contribution >= 0.6 is 0 Å². The van der Waals surface area contributed by atoms with Gasteiger partial charge in [-0.1, -0.05) is 225 Å². The number of benzene rings is 11. The fourth-order valence-corrected chi connectivity index (χ4v) is 9.79. The predicted octanol–water partition coefficient (Wildman–Crippen LogP) is 18.0. The van der Waals surface area contributed by atoms with E-state index in [-0.39, 0.29) is 0 Å². The molecule has 0 aliphatic heterocycles. The molecule has 66 heavy (non-hydrogen) atoms. The molecule has 0 aliphatic carbocycles. The maximum atomic E-state index is 2.44. The minimum absolute atomic E-state index is 0.865. The molecule has 0 radical (unpaired) electrons. The van der Waals surface area contributed by atoms with Gasteiger partial charge in [0.25, 0.3) is 0 Å². The quantitative estimate of drug-likeness (QED) is 0.125. The molecule has 11 aromatic carbocycles. The smallest absolute Gasteiger partial charge is 0.0540 e. The Kier molecular flexibility index (Phi) is 11.1. The molecule has 0 bridgehead atoms. The van der Waals surface area contributed by atoms with Crippen molar-refractivity contribution in [2.75, 3.05) is 4.90 Å². The van der Waals surface area contributed by atoms with Crippen molar-refractivity contribution in [2.45, 2.75) is 19.8 Å². The molecule has 0 heterocycles. The van der Waals surface area contributed by atoms with Crippen molar-refractivity contribution in [1.29, 1.82) is 0 Å². The first-order chi connectivity index (χ1) is 32.7. The number of rotatable bonds is 11. The summed E-state index contributed by atoms with van der Waals surface area (Å²) in [6.45, 7) is 2.27. The second-order valence-electron chi connectivity index (χ2n) is 17.1. The first-order valence-corrected chi connectivity index (χ1v) is 23.1. The molecule has 0 aromatic heterocycles. The van der Waals surface area contributed by atoms with E-state index in [1.165, 1.54) is 93.9 Å². The number of anilines is 3. The van der Waals surface area contributed by atoms with E-state index >= 15 is 0 Å². The minimum Gasteiger partial charge on any atom is -0.310 e.